The molecule has 15 heavy (non-hydrogen) atoms. The lowest BCUT2D eigenvalue weighted by atomic mass is 10.1. The Morgan fingerprint density at radius 2 is 2.33 bits per heavy atom. The van der Waals surface area contributed by atoms with E-state index in [1.807, 2.05) is 0 Å². The summed E-state index contributed by atoms with van der Waals surface area (Å²) in [6.45, 7) is 0. The molecule has 0 saturated heterocycles. The first kappa shape index (κ1) is 8.05. The highest BCUT2D eigenvalue weighted by atomic mass is 16.3. The molecule has 0 bridgehead atoms. The van der Waals surface area contributed by atoms with Crippen LogP contribution in [-0.4, -0.2) is 15.3 Å². The van der Waals surface area contributed by atoms with Crippen LogP contribution < -0.4 is 5.56 Å². The molecule has 0 unspecified atom stereocenters. The Labute approximate surface area is 83.0 Å². The van der Waals surface area contributed by atoms with Gasteiger partial charge in [-0.15, -0.1) is 0 Å². The van der Waals surface area contributed by atoms with Crippen LogP contribution in [0.5, 0.6) is 5.75 Å². The number of aromatic hydroxyl groups is 1. The summed E-state index contributed by atoms with van der Waals surface area (Å²) in [5.41, 5.74) is 0.529. The molecular weight excluding hydrogens is 196 g/mol. The van der Waals surface area contributed by atoms with Crippen LogP contribution in [0.3, 0.4) is 0 Å². The van der Waals surface area contributed by atoms with Gasteiger partial charge in [0.05, 0.1) is 6.26 Å². The number of rotatable bonds is 0. The summed E-state index contributed by atoms with van der Waals surface area (Å²) in [6, 6.07) is 4.90. The fourth-order valence-electron chi connectivity index (χ4n) is 1.66. The van der Waals surface area contributed by atoms with E-state index in [0.717, 1.165) is 0 Å². The summed E-state index contributed by atoms with van der Waals surface area (Å²) in [7, 11) is 0. The Morgan fingerprint density at radius 1 is 1.47 bits per heavy atom. The van der Waals surface area contributed by atoms with Gasteiger partial charge in [0.25, 0.3) is 5.56 Å². The molecule has 5 heteroatoms. The van der Waals surface area contributed by atoms with Gasteiger partial charge in [-0.1, -0.05) is 0 Å². The fraction of sp³-hybridized carbons (Fsp3) is 0. The maximum atomic E-state index is 11.3. The molecule has 3 rings (SSSR count). The van der Waals surface area contributed by atoms with Gasteiger partial charge in [-0.25, -0.2) is 5.10 Å². The second-order valence-electron chi connectivity index (χ2n) is 3.20. The van der Waals surface area contributed by atoms with Crippen molar-refractivity contribution in [3.8, 4) is 5.75 Å². The molecule has 5 nitrogen and oxygen atoms in total. The number of benzene rings is 1. The average molecular weight is 202 g/mol. The highest BCUT2D eigenvalue weighted by Crippen LogP contribution is 2.28. The molecule has 0 aliphatic rings. The number of phenols is 1. The van der Waals surface area contributed by atoms with E-state index in [1.54, 1.807) is 12.1 Å². The summed E-state index contributed by atoms with van der Waals surface area (Å²) in [5.74, 6) is -0.119. The molecule has 2 heterocycles. The highest BCUT2D eigenvalue weighted by Gasteiger charge is 2.12. The summed E-state index contributed by atoms with van der Waals surface area (Å²) >= 11 is 0. The van der Waals surface area contributed by atoms with E-state index >= 15 is 0 Å². The standard InChI is InChI=1S/C10H6N2O3/c13-6-4-7-5(2-1-3-15-7)9-8(6)10(14)12-11-9/h1-4,13H,(H,12,14). The van der Waals surface area contributed by atoms with Crippen molar-refractivity contribution in [2.45, 2.75) is 0 Å². The number of hydrogen-bond donors (Lipinski definition) is 2. The van der Waals surface area contributed by atoms with Gasteiger partial charge in [0.1, 0.15) is 22.2 Å². The van der Waals surface area contributed by atoms with Gasteiger partial charge in [0.15, 0.2) is 0 Å². The molecule has 0 saturated carbocycles. The predicted octanol–water partition coefficient (Wildman–Crippen LogP) is 1.37. The number of aromatic nitrogens is 2. The third kappa shape index (κ3) is 0.969. The van der Waals surface area contributed by atoms with Crippen molar-refractivity contribution < 1.29 is 9.52 Å². The van der Waals surface area contributed by atoms with Crippen LogP contribution >= 0.6 is 0 Å². The van der Waals surface area contributed by atoms with Gasteiger partial charge in [-0.05, 0) is 12.1 Å². The number of hydrogen-bond acceptors (Lipinski definition) is 4. The van der Waals surface area contributed by atoms with Crippen molar-refractivity contribution in [2.75, 3.05) is 0 Å². The van der Waals surface area contributed by atoms with Crippen LogP contribution in [0.25, 0.3) is 21.9 Å². The molecule has 0 spiro atoms. The van der Waals surface area contributed by atoms with Gasteiger partial charge >= 0.3 is 0 Å². The third-order valence-corrected chi connectivity index (χ3v) is 2.31. The number of phenolic OH excluding ortho intramolecular Hbond substituents is 1. The van der Waals surface area contributed by atoms with Gasteiger partial charge in [-0.2, -0.15) is 5.10 Å². The number of nitrogens with one attached hydrogen (secondary N) is 1. The summed E-state index contributed by atoms with van der Waals surface area (Å²) in [5, 5.41) is 16.7. The molecule has 0 fully saturated rings. The lowest BCUT2D eigenvalue weighted by Gasteiger charge is -1.98. The van der Waals surface area contributed by atoms with Crippen molar-refractivity contribution >= 4 is 21.9 Å². The first-order chi connectivity index (χ1) is 7.27. The van der Waals surface area contributed by atoms with Crippen LogP contribution in [0.15, 0.2) is 33.7 Å². The first-order valence-corrected chi connectivity index (χ1v) is 4.35. The maximum Gasteiger partial charge on any atom is 0.277 e. The maximum absolute atomic E-state index is 11.3. The minimum absolute atomic E-state index is 0.119. The van der Waals surface area contributed by atoms with Crippen molar-refractivity contribution in [1.29, 1.82) is 0 Å². The predicted molar refractivity (Wildman–Crippen MR) is 53.8 cm³/mol. The summed E-state index contributed by atoms with van der Waals surface area (Å²) in [4.78, 5) is 11.3. The third-order valence-electron chi connectivity index (χ3n) is 2.31. The summed E-state index contributed by atoms with van der Waals surface area (Å²) < 4.78 is 5.19. The van der Waals surface area contributed by atoms with Crippen molar-refractivity contribution in [3.63, 3.8) is 0 Å². The fourth-order valence-corrected chi connectivity index (χ4v) is 1.66. The molecule has 0 atom stereocenters. The van der Waals surface area contributed by atoms with E-state index in [9.17, 15) is 9.90 Å². The summed E-state index contributed by atoms with van der Waals surface area (Å²) in [6.07, 6.45) is 1.50. The zero-order valence-electron chi connectivity index (χ0n) is 7.52. The molecule has 1 aromatic carbocycles. The minimum atomic E-state index is -0.395. The second-order valence-corrected chi connectivity index (χ2v) is 3.20. The lowest BCUT2D eigenvalue weighted by Crippen LogP contribution is -1.97. The van der Waals surface area contributed by atoms with E-state index in [-0.39, 0.29) is 11.1 Å². The normalized spacial score (nSPS) is 11.2. The Bertz CT molecular complexity index is 711. The Morgan fingerprint density at radius 3 is 3.20 bits per heavy atom. The van der Waals surface area contributed by atoms with Crippen LogP contribution in [0.4, 0.5) is 0 Å². The highest BCUT2D eigenvalue weighted by molar-refractivity contribution is 6.05. The molecule has 2 aromatic heterocycles. The molecule has 0 amide bonds. The lowest BCUT2D eigenvalue weighted by molar-refractivity contribution is 0.480. The van der Waals surface area contributed by atoms with Gasteiger partial charge in [-0.3, -0.25) is 4.79 Å². The van der Waals surface area contributed by atoms with Crippen LogP contribution in [0, 0.1) is 0 Å². The topological polar surface area (TPSA) is 79.1 Å². The molecule has 0 radical (unpaired) electrons. The van der Waals surface area contributed by atoms with Crippen molar-refractivity contribution in [3.05, 3.63) is 34.8 Å². The van der Waals surface area contributed by atoms with Crippen LogP contribution in [0.2, 0.25) is 0 Å². The van der Waals surface area contributed by atoms with Gasteiger partial charge in [0, 0.05) is 11.5 Å². The zero-order chi connectivity index (χ0) is 10.4. The Kier molecular flexibility index (Phi) is 1.39. The average Bonchev–Trinajstić information content (AvgIpc) is 2.62. The Hall–Kier alpha value is -2.30. The van der Waals surface area contributed by atoms with Crippen LogP contribution in [-0.2, 0) is 0 Å². The molecule has 3 aromatic rings. The zero-order valence-corrected chi connectivity index (χ0v) is 7.52. The minimum Gasteiger partial charge on any atom is -0.507 e. The number of H-pyrrole nitrogens is 1. The van der Waals surface area contributed by atoms with E-state index < -0.39 is 5.56 Å². The molecular formula is C10H6N2O3. The van der Waals surface area contributed by atoms with Crippen molar-refractivity contribution in [2.24, 2.45) is 0 Å². The molecule has 74 valence electrons. The van der Waals surface area contributed by atoms with E-state index in [2.05, 4.69) is 10.2 Å². The van der Waals surface area contributed by atoms with E-state index in [1.165, 1.54) is 12.3 Å². The van der Waals surface area contributed by atoms with E-state index in [0.29, 0.717) is 16.5 Å². The van der Waals surface area contributed by atoms with Gasteiger partial charge in [0.2, 0.25) is 0 Å². The Balaban J connectivity index is 2.71. The van der Waals surface area contributed by atoms with E-state index in [4.69, 9.17) is 4.42 Å². The molecule has 0 aliphatic heterocycles. The number of fused-ring (bicyclic) bond motifs is 3. The largest absolute Gasteiger partial charge is 0.507 e. The number of aromatic amines is 1. The second kappa shape index (κ2) is 2.60. The van der Waals surface area contributed by atoms with Crippen molar-refractivity contribution in [1.82, 2.24) is 10.2 Å². The molecule has 2 N–H and O–H groups in total. The van der Waals surface area contributed by atoms with Gasteiger partial charge < -0.3 is 9.52 Å². The smallest absolute Gasteiger partial charge is 0.277 e. The first-order valence-electron chi connectivity index (χ1n) is 4.35. The number of nitrogens with zero attached hydrogens (tertiary/aromatic N) is 1. The van der Waals surface area contributed by atoms with Crippen LogP contribution in [0.1, 0.15) is 0 Å². The quantitative estimate of drug-likeness (QED) is 0.577. The monoisotopic (exact) mass is 202 g/mol. The molecule has 0 aliphatic carbocycles. The SMILES string of the molecule is O=c1[nH]nc2c1c(O)cc1occcc12.